The zero-order chi connectivity index (χ0) is 14.4. The van der Waals surface area contributed by atoms with Crippen molar-refractivity contribution < 1.29 is 14.0 Å². The van der Waals surface area contributed by atoms with Crippen LogP contribution in [0, 0.1) is 0 Å². The van der Waals surface area contributed by atoms with E-state index in [0.717, 1.165) is 11.3 Å². The number of ether oxygens (including phenoxy) is 2. The highest BCUT2D eigenvalue weighted by Crippen LogP contribution is 2.16. The third kappa shape index (κ3) is 3.79. The van der Waals surface area contributed by atoms with E-state index in [2.05, 4.69) is 10.1 Å². The van der Waals surface area contributed by atoms with Gasteiger partial charge in [-0.2, -0.15) is 4.98 Å². The van der Waals surface area contributed by atoms with E-state index in [-0.39, 0.29) is 6.04 Å². The van der Waals surface area contributed by atoms with E-state index in [9.17, 15) is 0 Å². The molecule has 20 heavy (non-hydrogen) atoms. The molecule has 0 radical (unpaired) electrons. The second-order valence-electron chi connectivity index (χ2n) is 4.34. The van der Waals surface area contributed by atoms with Crippen molar-refractivity contribution in [3.05, 3.63) is 41.5 Å². The number of rotatable bonds is 7. The van der Waals surface area contributed by atoms with Gasteiger partial charge in [-0.05, 0) is 24.6 Å². The van der Waals surface area contributed by atoms with Crippen LogP contribution in [-0.4, -0.2) is 30.5 Å². The summed E-state index contributed by atoms with van der Waals surface area (Å²) in [6.45, 7) is 2.91. The molecule has 0 aliphatic carbocycles. The molecule has 0 bridgehead atoms. The lowest BCUT2D eigenvalue weighted by Gasteiger charge is -2.05. The highest BCUT2D eigenvalue weighted by Gasteiger charge is 2.14. The Morgan fingerprint density at radius 2 is 2.25 bits per heavy atom. The Morgan fingerprint density at radius 3 is 3.00 bits per heavy atom. The molecule has 0 fully saturated rings. The van der Waals surface area contributed by atoms with Crippen molar-refractivity contribution in [1.29, 1.82) is 0 Å². The maximum Gasteiger partial charge on any atom is 0.231 e. The first-order valence-electron chi connectivity index (χ1n) is 6.51. The van der Waals surface area contributed by atoms with Crippen molar-refractivity contribution in [2.75, 3.05) is 20.3 Å². The number of hydrogen-bond donors (Lipinski definition) is 1. The summed E-state index contributed by atoms with van der Waals surface area (Å²) in [6.07, 6.45) is 0.547. The van der Waals surface area contributed by atoms with E-state index in [4.69, 9.17) is 19.7 Å². The Labute approximate surface area is 117 Å². The first-order chi connectivity index (χ1) is 9.72. The Balaban J connectivity index is 2.01. The maximum absolute atomic E-state index is 5.90. The summed E-state index contributed by atoms with van der Waals surface area (Å²) in [5.41, 5.74) is 6.94. The lowest BCUT2D eigenvalue weighted by Crippen LogP contribution is -2.18. The average Bonchev–Trinajstić information content (AvgIpc) is 2.93. The predicted molar refractivity (Wildman–Crippen MR) is 73.5 cm³/mol. The van der Waals surface area contributed by atoms with Crippen LogP contribution in [0.1, 0.15) is 30.2 Å². The van der Waals surface area contributed by atoms with Crippen LogP contribution in [0.5, 0.6) is 5.75 Å². The maximum atomic E-state index is 5.90. The first-order valence-corrected chi connectivity index (χ1v) is 6.51. The number of hydrogen-bond acceptors (Lipinski definition) is 6. The number of aromatic nitrogens is 2. The minimum absolute atomic E-state index is 0.363. The molecule has 1 heterocycles. The van der Waals surface area contributed by atoms with Crippen molar-refractivity contribution in [3.8, 4) is 5.75 Å². The van der Waals surface area contributed by atoms with Crippen LogP contribution in [0.15, 0.2) is 28.8 Å². The standard InChI is InChI=1S/C14H19N3O3/c1-3-19-9-12(15)14-16-13(20-17-14)8-10-5-4-6-11(7-10)18-2/h4-7,12H,3,8-9,15H2,1-2H3. The fourth-order valence-electron chi connectivity index (χ4n) is 1.77. The number of methoxy groups -OCH3 is 1. The topological polar surface area (TPSA) is 83.4 Å². The molecule has 6 heteroatoms. The van der Waals surface area contributed by atoms with Crippen molar-refractivity contribution >= 4 is 0 Å². The molecule has 0 saturated heterocycles. The van der Waals surface area contributed by atoms with Crippen molar-refractivity contribution in [2.45, 2.75) is 19.4 Å². The van der Waals surface area contributed by atoms with Gasteiger partial charge in [0.05, 0.1) is 26.2 Å². The molecule has 1 atom stereocenters. The van der Waals surface area contributed by atoms with Gasteiger partial charge in [0.2, 0.25) is 5.89 Å². The van der Waals surface area contributed by atoms with Crippen molar-refractivity contribution in [1.82, 2.24) is 10.1 Å². The summed E-state index contributed by atoms with van der Waals surface area (Å²) in [7, 11) is 1.64. The fraction of sp³-hybridized carbons (Fsp3) is 0.429. The quantitative estimate of drug-likeness (QED) is 0.829. The van der Waals surface area contributed by atoms with Crippen LogP contribution in [-0.2, 0) is 11.2 Å². The summed E-state index contributed by atoms with van der Waals surface area (Å²) in [5.74, 6) is 1.80. The van der Waals surface area contributed by atoms with Gasteiger partial charge in [0.1, 0.15) is 5.75 Å². The highest BCUT2D eigenvalue weighted by atomic mass is 16.5. The molecule has 1 aromatic carbocycles. The van der Waals surface area contributed by atoms with E-state index < -0.39 is 0 Å². The summed E-state index contributed by atoms with van der Waals surface area (Å²) >= 11 is 0. The molecule has 2 aromatic rings. The van der Waals surface area contributed by atoms with Gasteiger partial charge in [-0.15, -0.1) is 0 Å². The van der Waals surface area contributed by atoms with E-state index in [1.807, 2.05) is 31.2 Å². The monoisotopic (exact) mass is 277 g/mol. The second kappa shape index (κ2) is 7.02. The summed E-state index contributed by atoms with van der Waals surface area (Å²) in [5, 5.41) is 3.89. The zero-order valence-corrected chi connectivity index (χ0v) is 11.7. The smallest absolute Gasteiger partial charge is 0.231 e. The molecule has 1 aromatic heterocycles. The lowest BCUT2D eigenvalue weighted by atomic mass is 10.1. The Kier molecular flexibility index (Phi) is 5.09. The Morgan fingerprint density at radius 1 is 1.40 bits per heavy atom. The Hall–Kier alpha value is -1.92. The Bertz CT molecular complexity index is 542. The molecule has 0 spiro atoms. The third-order valence-electron chi connectivity index (χ3n) is 2.81. The van der Waals surface area contributed by atoms with E-state index in [1.165, 1.54) is 0 Å². The average molecular weight is 277 g/mol. The van der Waals surface area contributed by atoms with E-state index in [0.29, 0.717) is 31.3 Å². The molecule has 2 rings (SSSR count). The zero-order valence-electron chi connectivity index (χ0n) is 11.7. The third-order valence-corrected chi connectivity index (χ3v) is 2.81. The summed E-state index contributed by atoms with van der Waals surface area (Å²) in [6, 6.07) is 7.36. The number of nitrogens with zero attached hydrogens (tertiary/aromatic N) is 2. The van der Waals surface area contributed by atoms with Gasteiger partial charge in [0.25, 0.3) is 0 Å². The van der Waals surface area contributed by atoms with Crippen LogP contribution in [0.2, 0.25) is 0 Å². The largest absolute Gasteiger partial charge is 0.497 e. The molecule has 0 saturated carbocycles. The van der Waals surface area contributed by atoms with Crippen LogP contribution in [0.25, 0.3) is 0 Å². The van der Waals surface area contributed by atoms with Crippen LogP contribution in [0.3, 0.4) is 0 Å². The normalized spacial score (nSPS) is 12.3. The molecule has 0 aliphatic rings. The minimum atomic E-state index is -0.363. The molecular weight excluding hydrogens is 258 g/mol. The van der Waals surface area contributed by atoms with Crippen molar-refractivity contribution in [3.63, 3.8) is 0 Å². The summed E-state index contributed by atoms with van der Waals surface area (Å²) in [4.78, 5) is 4.29. The number of nitrogens with two attached hydrogens (primary N) is 1. The molecular formula is C14H19N3O3. The minimum Gasteiger partial charge on any atom is -0.497 e. The molecule has 108 valence electrons. The van der Waals surface area contributed by atoms with Gasteiger partial charge in [-0.3, -0.25) is 0 Å². The van der Waals surface area contributed by atoms with Gasteiger partial charge >= 0.3 is 0 Å². The molecule has 6 nitrogen and oxygen atoms in total. The molecule has 2 N–H and O–H groups in total. The van der Waals surface area contributed by atoms with Gasteiger partial charge < -0.3 is 19.7 Å². The predicted octanol–water partition coefficient (Wildman–Crippen LogP) is 1.71. The molecule has 0 amide bonds. The van der Waals surface area contributed by atoms with Gasteiger partial charge in [-0.1, -0.05) is 17.3 Å². The van der Waals surface area contributed by atoms with E-state index in [1.54, 1.807) is 7.11 Å². The van der Waals surface area contributed by atoms with Gasteiger partial charge in [0.15, 0.2) is 5.82 Å². The van der Waals surface area contributed by atoms with Gasteiger partial charge in [-0.25, -0.2) is 0 Å². The van der Waals surface area contributed by atoms with Crippen molar-refractivity contribution in [2.24, 2.45) is 5.73 Å². The molecule has 1 unspecified atom stereocenters. The highest BCUT2D eigenvalue weighted by molar-refractivity contribution is 5.29. The van der Waals surface area contributed by atoms with Crippen LogP contribution in [0.4, 0.5) is 0 Å². The van der Waals surface area contributed by atoms with Crippen LogP contribution < -0.4 is 10.5 Å². The fourth-order valence-corrected chi connectivity index (χ4v) is 1.77. The summed E-state index contributed by atoms with van der Waals surface area (Å²) < 4.78 is 15.6. The first kappa shape index (κ1) is 14.5. The second-order valence-corrected chi connectivity index (χ2v) is 4.34. The lowest BCUT2D eigenvalue weighted by molar-refractivity contribution is 0.130. The van der Waals surface area contributed by atoms with E-state index >= 15 is 0 Å². The number of benzene rings is 1. The molecule has 0 aliphatic heterocycles. The van der Waals surface area contributed by atoms with Gasteiger partial charge in [0, 0.05) is 6.61 Å². The SMILES string of the molecule is CCOCC(N)c1noc(Cc2cccc(OC)c2)n1. The van der Waals surface area contributed by atoms with Crippen LogP contribution >= 0.6 is 0 Å².